The third-order valence-corrected chi connectivity index (χ3v) is 13.3. The molecule has 2 aliphatic carbocycles. The first-order valence-corrected chi connectivity index (χ1v) is 21.7. The molecule has 2 fully saturated rings. The van der Waals surface area contributed by atoms with Crippen molar-refractivity contribution >= 4 is 28.2 Å². The van der Waals surface area contributed by atoms with E-state index < -0.39 is 5.79 Å². The zero-order valence-electron chi connectivity index (χ0n) is 32.7. The third-order valence-electron chi connectivity index (χ3n) is 12.0. The molecule has 57 heavy (non-hydrogen) atoms. The lowest BCUT2D eigenvalue weighted by Gasteiger charge is -2.58. The smallest absolute Gasteiger partial charge is 0.231 e. The first kappa shape index (κ1) is 39.7. The Bertz CT molecular complexity index is 2030. The van der Waals surface area contributed by atoms with E-state index in [9.17, 15) is 10.2 Å². The second-order valence-corrected chi connectivity index (χ2v) is 17.0. The topological polar surface area (TPSA) is 99.0 Å². The summed E-state index contributed by atoms with van der Waals surface area (Å²) in [6.07, 6.45) is 12.4. The number of hydrogen-bond acceptors (Lipinski definition) is 9. The molecule has 4 aliphatic rings. The van der Waals surface area contributed by atoms with Crippen LogP contribution in [0.4, 0.5) is 0 Å². The van der Waals surface area contributed by atoms with Crippen LogP contribution in [0.1, 0.15) is 75.7 Å². The predicted molar refractivity (Wildman–Crippen MR) is 226 cm³/mol. The average molecular weight is 790 g/mol. The van der Waals surface area contributed by atoms with Crippen molar-refractivity contribution in [2.75, 3.05) is 26.4 Å². The molecule has 2 aliphatic heterocycles. The summed E-state index contributed by atoms with van der Waals surface area (Å²) in [6.45, 7) is 5.37. The molecule has 0 radical (unpaired) electrons. The number of aliphatic hydroxyl groups excluding tert-OH is 2. The molecule has 0 aromatic heterocycles. The Balaban J connectivity index is 1.28. The fourth-order valence-corrected chi connectivity index (χ4v) is 10.7. The summed E-state index contributed by atoms with van der Waals surface area (Å²) in [7, 11) is 0. The molecule has 8 nitrogen and oxygen atoms in total. The van der Waals surface area contributed by atoms with E-state index in [0.717, 1.165) is 108 Å². The van der Waals surface area contributed by atoms with Crippen LogP contribution in [-0.4, -0.2) is 59.7 Å². The Morgan fingerprint density at radius 2 is 1.63 bits per heavy atom. The van der Waals surface area contributed by atoms with E-state index in [-0.39, 0.29) is 48.4 Å². The molecule has 2 N–H and O–H groups in total. The van der Waals surface area contributed by atoms with Crippen molar-refractivity contribution in [2.45, 2.75) is 92.3 Å². The first-order chi connectivity index (χ1) is 28.1. The number of benzene rings is 4. The number of oxime groups is 1. The molecule has 1 unspecified atom stereocenters. The van der Waals surface area contributed by atoms with Gasteiger partial charge in [-0.2, -0.15) is 0 Å². The summed E-state index contributed by atoms with van der Waals surface area (Å²) in [4.78, 5) is 7.39. The van der Waals surface area contributed by atoms with E-state index >= 15 is 0 Å². The van der Waals surface area contributed by atoms with Gasteiger partial charge in [0.2, 0.25) is 12.1 Å². The van der Waals surface area contributed by atoms with Gasteiger partial charge in [0.05, 0.1) is 30.1 Å². The van der Waals surface area contributed by atoms with E-state index in [1.54, 1.807) is 11.8 Å². The van der Waals surface area contributed by atoms with Gasteiger partial charge >= 0.3 is 0 Å². The van der Waals surface area contributed by atoms with E-state index in [2.05, 4.69) is 73.3 Å². The molecule has 0 bridgehead atoms. The largest absolute Gasteiger partial charge is 0.460 e. The Morgan fingerprint density at radius 3 is 2.42 bits per heavy atom. The van der Waals surface area contributed by atoms with Crippen LogP contribution in [0.5, 0.6) is 17.2 Å². The molecule has 8 rings (SSSR count). The molecule has 1 saturated carbocycles. The zero-order chi connectivity index (χ0) is 39.0. The van der Waals surface area contributed by atoms with Gasteiger partial charge in [-0.05, 0) is 109 Å². The zero-order valence-corrected chi connectivity index (χ0v) is 33.5. The SMILES string of the molecule is C=CCO[C@@]12Oc3ccc(Oc4ccc5ccccc5c4)cc3[C@H]3[C@H](CCCCO)[C@@H](CCCCO)C=C(C(=NOC4CCCCO4)C[C@@H]1Sc1ccccc1)[C@H]32. The van der Waals surface area contributed by atoms with E-state index in [1.807, 2.05) is 36.4 Å². The maximum Gasteiger partial charge on any atom is 0.231 e. The molecular formula is C48H55NO7S. The quantitative estimate of drug-likeness (QED) is 0.0620. The molecule has 0 amide bonds. The lowest BCUT2D eigenvalue weighted by atomic mass is 9.56. The predicted octanol–water partition coefficient (Wildman–Crippen LogP) is 10.6. The van der Waals surface area contributed by atoms with Crippen LogP contribution in [0.3, 0.4) is 0 Å². The number of unbranched alkanes of at least 4 members (excludes halogenated alkanes) is 2. The second kappa shape index (κ2) is 18.6. The van der Waals surface area contributed by atoms with Gasteiger partial charge in [-0.25, -0.2) is 0 Å². The molecule has 1 saturated heterocycles. The van der Waals surface area contributed by atoms with Gasteiger partial charge in [-0.15, -0.1) is 18.3 Å². The Labute approximate surface area is 340 Å². The summed E-state index contributed by atoms with van der Waals surface area (Å²) < 4.78 is 27.1. The minimum absolute atomic E-state index is 0.0353. The van der Waals surface area contributed by atoms with Crippen LogP contribution in [0.2, 0.25) is 0 Å². The maximum absolute atomic E-state index is 9.97. The van der Waals surface area contributed by atoms with Gasteiger partial charge in [-0.1, -0.05) is 78.7 Å². The fraction of sp³-hybridized carbons (Fsp3) is 0.438. The van der Waals surface area contributed by atoms with Gasteiger partial charge < -0.3 is 34.0 Å². The number of hydrogen-bond donors (Lipinski definition) is 2. The number of ether oxygens (including phenoxy) is 4. The molecule has 4 aromatic rings. The van der Waals surface area contributed by atoms with Crippen molar-refractivity contribution in [1.29, 1.82) is 0 Å². The monoisotopic (exact) mass is 789 g/mol. The summed E-state index contributed by atoms with van der Waals surface area (Å²) in [5.74, 6) is 1.35. The van der Waals surface area contributed by atoms with Crippen LogP contribution < -0.4 is 9.47 Å². The standard InChI is InChI=1S/C48H55NO7S/c1-2-27-53-48-44(57-38-17-4-3-5-18-38)32-42(49-56-45-20-10-13-28-52-45)40-30-35(16-8-11-25-50)39(19-9-12-26-51)46(47(40)48)41-31-37(23-24-43(41)55-48)54-36-22-21-33-14-6-7-15-34(33)29-36/h2-7,14-15,17-18,21-24,29-31,35,39,44-47,50-51H,1,8-13,16,19-20,25-28,32H2/t35-,39+,44-,45?,46+,47+,48+/m0/s1. The number of nitrogens with zero attached hydrogens (tertiary/aromatic N) is 1. The Kier molecular flexibility index (Phi) is 13.0. The number of aliphatic hydroxyl groups is 2. The van der Waals surface area contributed by atoms with Gasteiger partial charge in [-0.3, -0.25) is 0 Å². The number of rotatable bonds is 17. The molecular weight excluding hydrogens is 735 g/mol. The van der Waals surface area contributed by atoms with Gasteiger partial charge in [0.25, 0.3) is 0 Å². The highest BCUT2D eigenvalue weighted by atomic mass is 32.2. The van der Waals surface area contributed by atoms with E-state index in [1.165, 1.54) is 0 Å². The fourth-order valence-electron chi connectivity index (χ4n) is 9.44. The summed E-state index contributed by atoms with van der Waals surface area (Å²) in [6, 6.07) is 31.2. The number of fused-ring (bicyclic) bond motifs is 3. The van der Waals surface area contributed by atoms with Crippen molar-refractivity contribution in [2.24, 2.45) is 22.9 Å². The average Bonchev–Trinajstić information content (AvgIpc) is 3.25. The van der Waals surface area contributed by atoms with Crippen LogP contribution in [-0.2, 0) is 14.3 Å². The van der Waals surface area contributed by atoms with Crippen LogP contribution in [0.15, 0.2) is 125 Å². The lowest BCUT2D eigenvalue weighted by Crippen LogP contribution is -2.64. The second-order valence-electron chi connectivity index (χ2n) is 15.7. The van der Waals surface area contributed by atoms with E-state index in [0.29, 0.717) is 19.6 Å². The number of allylic oxidation sites excluding steroid dienone is 1. The van der Waals surface area contributed by atoms with Gasteiger partial charge in [0.1, 0.15) is 17.2 Å². The normalized spacial score (nSPS) is 27.2. The van der Waals surface area contributed by atoms with Crippen LogP contribution in [0, 0.1) is 17.8 Å². The van der Waals surface area contributed by atoms with Crippen LogP contribution >= 0.6 is 11.8 Å². The third kappa shape index (κ3) is 8.69. The minimum atomic E-state index is -1.06. The molecule has 0 spiro atoms. The summed E-state index contributed by atoms with van der Waals surface area (Å²) in [5.41, 5.74) is 3.09. The van der Waals surface area contributed by atoms with Crippen molar-refractivity contribution in [3.05, 3.63) is 121 Å². The highest BCUT2D eigenvalue weighted by molar-refractivity contribution is 8.00. The van der Waals surface area contributed by atoms with Crippen molar-refractivity contribution < 1.29 is 34.0 Å². The molecule has 7 atom stereocenters. The maximum atomic E-state index is 9.97. The lowest BCUT2D eigenvalue weighted by molar-refractivity contribution is -0.223. The number of thioether (sulfide) groups is 1. The summed E-state index contributed by atoms with van der Waals surface area (Å²) >= 11 is 1.76. The summed E-state index contributed by atoms with van der Waals surface area (Å²) in [5, 5.41) is 26.9. The minimum Gasteiger partial charge on any atom is -0.460 e. The highest BCUT2D eigenvalue weighted by Gasteiger charge is 2.64. The Hall–Kier alpha value is -4.12. The van der Waals surface area contributed by atoms with Gasteiger partial charge in [0.15, 0.2) is 0 Å². The molecule has 300 valence electrons. The van der Waals surface area contributed by atoms with Crippen molar-refractivity contribution in [1.82, 2.24) is 0 Å². The van der Waals surface area contributed by atoms with Crippen molar-refractivity contribution in [3.8, 4) is 17.2 Å². The van der Waals surface area contributed by atoms with Crippen molar-refractivity contribution in [3.63, 3.8) is 0 Å². The highest BCUT2D eigenvalue weighted by Crippen LogP contribution is 2.63. The first-order valence-electron chi connectivity index (χ1n) is 20.8. The molecule has 4 aromatic carbocycles. The van der Waals surface area contributed by atoms with E-state index in [4.69, 9.17) is 28.9 Å². The molecule has 2 heterocycles. The molecule has 9 heteroatoms. The van der Waals surface area contributed by atoms with Gasteiger partial charge in [0, 0.05) is 42.4 Å². The van der Waals surface area contributed by atoms with Crippen LogP contribution in [0.25, 0.3) is 10.8 Å². The Morgan fingerprint density at radius 1 is 0.860 bits per heavy atom.